The Morgan fingerprint density at radius 1 is 0.950 bits per heavy atom. The Kier molecular flexibility index (Phi) is 9.18. The summed E-state index contributed by atoms with van der Waals surface area (Å²) in [5, 5.41) is 2.77. The largest absolute Gasteiger partial charge is 0.484 e. The summed E-state index contributed by atoms with van der Waals surface area (Å²) in [5.41, 5.74) is 1.05. The van der Waals surface area contributed by atoms with Crippen LogP contribution < -0.4 is 14.8 Å². The number of hydrogen-bond donors (Lipinski definition) is 2. The van der Waals surface area contributed by atoms with Crippen molar-refractivity contribution in [3.63, 3.8) is 0 Å². The van der Waals surface area contributed by atoms with E-state index in [0.717, 1.165) is 17.7 Å². The van der Waals surface area contributed by atoms with E-state index in [0.29, 0.717) is 5.76 Å². The van der Waals surface area contributed by atoms with Gasteiger partial charge >= 0.3 is 0 Å². The quantitative estimate of drug-likeness (QED) is 0.264. The van der Waals surface area contributed by atoms with Gasteiger partial charge in [0.25, 0.3) is 15.9 Å². The minimum atomic E-state index is -3.92. The van der Waals surface area contributed by atoms with Crippen LogP contribution in [-0.4, -0.2) is 37.8 Å². The van der Waals surface area contributed by atoms with Crippen LogP contribution in [0.15, 0.2) is 107 Å². The summed E-state index contributed by atoms with van der Waals surface area (Å²) in [4.78, 5) is 27.5. The molecule has 4 aromatic rings. The van der Waals surface area contributed by atoms with Crippen LogP contribution in [-0.2, 0) is 32.7 Å². The molecule has 40 heavy (non-hydrogen) atoms. The van der Waals surface area contributed by atoms with Crippen molar-refractivity contribution in [1.82, 2.24) is 10.2 Å². The second-order valence-electron chi connectivity index (χ2n) is 8.85. The number of ether oxygens (including phenoxy) is 1. The number of sulfonamides is 1. The number of rotatable bonds is 12. The summed E-state index contributed by atoms with van der Waals surface area (Å²) in [5.74, 6) is -0.417. The second-order valence-corrected chi connectivity index (χ2v) is 10.5. The molecular formula is C29H28FN3O6S. The fourth-order valence-corrected chi connectivity index (χ4v) is 4.83. The summed E-state index contributed by atoms with van der Waals surface area (Å²) in [6, 6.07) is 22.3. The first-order chi connectivity index (χ1) is 19.2. The Balaban J connectivity index is 1.40. The van der Waals surface area contributed by atoms with Gasteiger partial charge in [0.15, 0.2) is 6.61 Å². The second kappa shape index (κ2) is 12.9. The number of nitrogens with zero attached hydrogens (tertiary/aromatic N) is 1. The molecule has 208 valence electrons. The number of benzene rings is 3. The number of nitrogens with one attached hydrogen (secondary N) is 2. The molecule has 0 saturated carbocycles. The van der Waals surface area contributed by atoms with Crippen LogP contribution in [0.2, 0.25) is 0 Å². The van der Waals surface area contributed by atoms with Crippen molar-refractivity contribution in [2.45, 2.75) is 31.0 Å². The molecule has 0 unspecified atom stereocenters. The van der Waals surface area contributed by atoms with Crippen molar-refractivity contribution in [2.24, 2.45) is 0 Å². The first-order valence-corrected chi connectivity index (χ1v) is 13.8. The van der Waals surface area contributed by atoms with Crippen LogP contribution in [0.25, 0.3) is 0 Å². The van der Waals surface area contributed by atoms with Crippen molar-refractivity contribution in [3.8, 4) is 5.75 Å². The van der Waals surface area contributed by atoms with E-state index in [2.05, 4.69) is 10.0 Å². The number of furan rings is 1. The smallest absolute Gasteiger partial charge is 0.261 e. The van der Waals surface area contributed by atoms with Gasteiger partial charge in [0.2, 0.25) is 5.91 Å². The molecule has 0 bridgehead atoms. The van der Waals surface area contributed by atoms with E-state index in [1.807, 2.05) is 30.3 Å². The highest BCUT2D eigenvalue weighted by atomic mass is 32.2. The molecule has 9 nitrogen and oxygen atoms in total. The normalized spacial score (nSPS) is 11.8. The summed E-state index contributed by atoms with van der Waals surface area (Å²) >= 11 is 0. The Hall–Kier alpha value is -4.64. The van der Waals surface area contributed by atoms with Crippen molar-refractivity contribution < 1.29 is 31.6 Å². The fourth-order valence-electron chi connectivity index (χ4n) is 3.77. The molecule has 11 heteroatoms. The lowest BCUT2D eigenvalue weighted by Crippen LogP contribution is -2.48. The summed E-state index contributed by atoms with van der Waals surface area (Å²) in [6.45, 7) is 1.63. The van der Waals surface area contributed by atoms with Gasteiger partial charge in [-0.25, -0.2) is 12.8 Å². The lowest BCUT2D eigenvalue weighted by molar-refractivity contribution is -0.142. The molecule has 0 aliphatic carbocycles. The minimum absolute atomic E-state index is 0.0388. The number of amides is 2. The maximum atomic E-state index is 13.2. The van der Waals surface area contributed by atoms with Gasteiger partial charge in [-0.3, -0.25) is 14.3 Å². The Labute approximate surface area is 231 Å². The zero-order valence-corrected chi connectivity index (χ0v) is 22.4. The Morgan fingerprint density at radius 2 is 1.65 bits per heavy atom. The van der Waals surface area contributed by atoms with Crippen molar-refractivity contribution in [2.75, 3.05) is 11.3 Å². The first-order valence-electron chi connectivity index (χ1n) is 12.4. The molecule has 0 aliphatic rings. The van der Waals surface area contributed by atoms with E-state index in [1.165, 1.54) is 47.6 Å². The molecule has 2 amide bonds. The van der Waals surface area contributed by atoms with Gasteiger partial charge in [-0.1, -0.05) is 30.3 Å². The highest BCUT2D eigenvalue weighted by molar-refractivity contribution is 7.92. The topological polar surface area (TPSA) is 118 Å². The predicted molar refractivity (Wildman–Crippen MR) is 146 cm³/mol. The highest BCUT2D eigenvalue weighted by Gasteiger charge is 2.26. The van der Waals surface area contributed by atoms with E-state index in [9.17, 15) is 22.4 Å². The molecular weight excluding hydrogens is 537 g/mol. The average Bonchev–Trinajstić information content (AvgIpc) is 3.49. The van der Waals surface area contributed by atoms with Gasteiger partial charge in [-0.05, 0) is 73.2 Å². The first kappa shape index (κ1) is 28.4. The summed E-state index contributed by atoms with van der Waals surface area (Å²) < 4.78 is 51.7. The maximum Gasteiger partial charge on any atom is 0.261 e. The molecule has 4 rings (SSSR count). The van der Waals surface area contributed by atoms with Crippen molar-refractivity contribution in [3.05, 3.63) is 114 Å². The SMILES string of the molecule is C[C@H](C(=O)NCc1ccco1)N(Cc1ccccc1)C(=O)COc1ccc(S(=O)(=O)Nc2ccc(F)cc2)cc1. The molecule has 0 radical (unpaired) electrons. The van der Waals surface area contributed by atoms with Crippen LogP contribution in [0.1, 0.15) is 18.2 Å². The molecule has 0 spiro atoms. The molecule has 0 fully saturated rings. The number of carbonyl (C=O) groups excluding carboxylic acids is 2. The zero-order valence-electron chi connectivity index (χ0n) is 21.6. The van der Waals surface area contributed by atoms with Crippen molar-refractivity contribution in [1.29, 1.82) is 0 Å². The van der Waals surface area contributed by atoms with Gasteiger partial charge in [0.1, 0.15) is 23.4 Å². The zero-order chi connectivity index (χ0) is 28.5. The van der Waals surface area contributed by atoms with Gasteiger partial charge in [0, 0.05) is 12.2 Å². The molecule has 3 aromatic carbocycles. The average molecular weight is 566 g/mol. The van der Waals surface area contributed by atoms with Crippen LogP contribution in [0.5, 0.6) is 5.75 Å². The Bertz CT molecular complexity index is 1510. The van der Waals surface area contributed by atoms with Gasteiger partial charge in [-0.15, -0.1) is 0 Å². The molecule has 2 N–H and O–H groups in total. The third-order valence-electron chi connectivity index (χ3n) is 5.97. The minimum Gasteiger partial charge on any atom is -0.484 e. The number of carbonyl (C=O) groups is 2. The number of hydrogen-bond acceptors (Lipinski definition) is 6. The molecule has 0 saturated heterocycles. The number of anilines is 1. The molecule has 1 aromatic heterocycles. The van der Waals surface area contributed by atoms with Crippen LogP contribution in [0, 0.1) is 5.82 Å². The maximum absolute atomic E-state index is 13.2. The van der Waals surface area contributed by atoms with Crippen LogP contribution in [0.3, 0.4) is 0 Å². The predicted octanol–water partition coefficient (Wildman–Crippen LogP) is 4.33. The van der Waals surface area contributed by atoms with E-state index < -0.39 is 27.8 Å². The lowest BCUT2D eigenvalue weighted by Gasteiger charge is -2.28. The third kappa shape index (κ3) is 7.70. The molecule has 1 heterocycles. The van der Waals surface area contributed by atoms with Gasteiger partial charge < -0.3 is 19.4 Å². The van der Waals surface area contributed by atoms with E-state index >= 15 is 0 Å². The van der Waals surface area contributed by atoms with Gasteiger partial charge in [0.05, 0.1) is 17.7 Å². The number of halogens is 1. The van der Waals surface area contributed by atoms with E-state index in [-0.39, 0.29) is 41.9 Å². The lowest BCUT2D eigenvalue weighted by atomic mass is 10.1. The van der Waals surface area contributed by atoms with Gasteiger partial charge in [-0.2, -0.15) is 0 Å². The molecule has 1 atom stereocenters. The highest BCUT2D eigenvalue weighted by Crippen LogP contribution is 2.20. The standard InChI is InChI=1S/C29H28FN3O6S/c1-21(29(35)31-18-26-8-5-17-38-26)33(19-22-6-3-2-4-7-22)28(34)20-39-25-13-15-27(16-14-25)40(36,37)32-24-11-9-23(30)10-12-24/h2-17,21,32H,18-20H2,1H3,(H,31,35)/t21-/m1/s1. The van der Waals surface area contributed by atoms with E-state index in [1.54, 1.807) is 19.1 Å². The monoisotopic (exact) mass is 565 g/mol. The van der Waals surface area contributed by atoms with Crippen LogP contribution in [0.4, 0.5) is 10.1 Å². The Morgan fingerprint density at radius 3 is 2.30 bits per heavy atom. The fraction of sp³-hybridized carbons (Fsp3) is 0.172. The van der Waals surface area contributed by atoms with Crippen LogP contribution >= 0.6 is 0 Å². The third-order valence-corrected chi connectivity index (χ3v) is 7.37. The van der Waals surface area contributed by atoms with Crippen molar-refractivity contribution >= 4 is 27.5 Å². The van der Waals surface area contributed by atoms with E-state index in [4.69, 9.17) is 9.15 Å². The molecule has 0 aliphatic heterocycles. The summed E-state index contributed by atoms with van der Waals surface area (Å²) in [6.07, 6.45) is 1.51. The summed E-state index contributed by atoms with van der Waals surface area (Å²) in [7, 11) is -3.92.